The molecule has 0 N–H and O–H groups in total. The number of hydrogen-bond donors (Lipinski definition) is 0. The van der Waals surface area contributed by atoms with E-state index in [1.165, 1.54) is 19.6 Å². The van der Waals surface area contributed by atoms with E-state index in [-0.39, 0.29) is 11.4 Å². The van der Waals surface area contributed by atoms with Crippen LogP contribution in [-0.4, -0.2) is 9.97 Å². The van der Waals surface area contributed by atoms with Crippen LogP contribution in [0.4, 0.5) is 34.1 Å². The molecule has 2 aliphatic rings. The summed E-state index contributed by atoms with van der Waals surface area (Å²) < 4.78 is 0. The third kappa shape index (κ3) is 4.98. The van der Waals surface area contributed by atoms with Gasteiger partial charge in [0.05, 0.1) is 22.7 Å². The molecule has 8 heteroatoms. The molecule has 0 spiro atoms. The third-order valence-electron chi connectivity index (χ3n) is 8.77. The van der Waals surface area contributed by atoms with Crippen molar-refractivity contribution in [2.45, 2.75) is 19.6 Å². The summed E-state index contributed by atoms with van der Waals surface area (Å²) in [5.41, 5.74) is 8.91. The van der Waals surface area contributed by atoms with Gasteiger partial charge in [0, 0.05) is 42.1 Å². The van der Waals surface area contributed by atoms with E-state index in [0.29, 0.717) is 22.5 Å². The molecule has 0 radical (unpaired) electrons. The average molecular weight is 677 g/mol. The van der Waals surface area contributed by atoms with Gasteiger partial charge < -0.3 is 9.80 Å². The number of anilines is 6. The minimum Gasteiger partial charge on any atom is -0.308 e. The van der Waals surface area contributed by atoms with Crippen molar-refractivity contribution in [2.75, 3.05) is 9.80 Å². The molecule has 50 heavy (non-hydrogen) atoms. The molecule has 0 amide bonds. The first-order valence-electron chi connectivity index (χ1n) is 16.0. The van der Waals surface area contributed by atoms with Gasteiger partial charge >= 0.3 is 0 Å². The second-order valence-corrected chi connectivity index (χ2v) is 13.8. The predicted molar refractivity (Wildman–Crippen MR) is 200 cm³/mol. The zero-order valence-electron chi connectivity index (χ0n) is 26.4. The molecule has 1 aromatic heterocycles. The molecular formula is C42H24N6S2. The average Bonchev–Trinajstić information content (AvgIpc) is 3.18. The zero-order valence-corrected chi connectivity index (χ0v) is 28.0. The van der Waals surface area contributed by atoms with Gasteiger partial charge in [-0.1, -0.05) is 96.3 Å². The van der Waals surface area contributed by atoms with Crippen molar-refractivity contribution in [1.82, 2.24) is 9.97 Å². The summed E-state index contributed by atoms with van der Waals surface area (Å²) in [6.45, 7) is 0. The van der Waals surface area contributed by atoms with Gasteiger partial charge in [0.2, 0.25) is 0 Å². The smallest absolute Gasteiger partial charge is 0.167 e. The van der Waals surface area contributed by atoms with Crippen LogP contribution in [0.2, 0.25) is 0 Å². The van der Waals surface area contributed by atoms with E-state index in [0.717, 1.165) is 34.1 Å². The van der Waals surface area contributed by atoms with Gasteiger partial charge in [-0.05, 0) is 72.8 Å². The Kier molecular flexibility index (Phi) is 7.32. The van der Waals surface area contributed by atoms with Crippen LogP contribution in [0.5, 0.6) is 0 Å². The van der Waals surface area contributed by atoms with Gasteiger partial charge in [-0.25, -0.2) is 9.97 Å². The van der Waals surface area contributed by atoms with Crippen molar-refractivity contribution >= 4 is 57.6 Å². The van der Waals surface area contributed by atoms with Crippen molar-refractivity contribution in [3.05, 3.63) is 157 Å². The molecule has 9 rings (SSSR count). The summed E-state index contributed by atoms with van der Waals surface area (Å²) in [7, 11) is 0. The SMILES string of the molecule is N#Cc1nc(-c2ccc(N3c4ccccc4Sc4ccccc43)cc2)c(C#N)nc1-c1ccc(N2c3ccccc3Sc3ccccc32)cc1. The molecule has 0 saturated heterocycles. The summed E-state index contributed by atoms with van der Waals surface area (Å²) in [5, 5.41) is 20.5. The van der Waals surface area contributed by atoms with Gasteiger partial charge in [-0.2, -0.15) is 10.5 Å². The lowest BCUT2D eigenvalue weighted by molar-refractivity contribution is 1.14. The molecule has 0 aliphatic carbocycles. The summed E-state index contributed by atoms with van der Waals surface area (Å²) in [6.07, 6.45) is 0. The Morgan fingerprint density at radius 3 is 1.00 bits per heavy atom. The van der Waals surface area contributed by atoms with Gasteiger partial charge in [0.1, 0.15) is 23.5 Å². The first kappa shape index (κ1) is 29.8. The number of nitrogens with zero attached hydrogens (tertiary/aromatic N) is 6. The topological polar surface area (TPSA) is 79.8 Å². The Hall–Kier alpha value is -6.32. The lowest BCUT2D eigenvalue weighted by Gasteiger charge is -2.32. The highest BCUT2D eigenvalue weighted by atomic mass is 32.2. The number of rotatable bonds is 4. The van der Waals surface area contributed by atoms with E-state index in [9.17, 15) is 10.5 Å². The van der Waals surface area contributed by atoms with Crippen LogP contribution < -0.4 is 9.80 Å². The van der Waals surface area contributed by atoms with Crippen LogP contribution in [0.15, 0.2) is 165 Å². The quantitative estimate of drug-likeness (QED) is 0.182. The Morgan fingerprint density at radius 1 is 0.400 bits per heavy atom. The van der Waals surface area contributed by atoms with Gasteiger partial charge in [-0.15, -0.1) is 0 Å². The fourth-order valence-corrected chi connectivity index (χ4v) is 8.61. The minimum absolute atomic E-state index is 0.164. The van der Waals surface area contributed by atoms with E-state index in [4.69, 9.17) is 9.97 Å². The highest BCUT2D eigenvalue weighted by Crippen LogP contribution is 2.52. The number of benzene rings is 6. The molecule has 234 valence electrons. The number of aromatic nitrogens is 2. The summed E-state index contributed by atoms with van der Waals surface area (Å²) >= 11 is 3.52. The molecule has 0 unspecified atom stereocenters. The maximum atomic E-state index is 10.2. The molecule has 6 aromatic carbocycles. The van der Waals surface area contributed by atoms with Crippen molar-refractivity contribution < 1.29 is 0 Å². The number of fused-ring (bicyclic) bond motifs is 4. The lowest BCUT2D eigenvalue weighted by Crippen LogP contribution is -2.14. The molecule has 7 aromatic rings. The second-order valence-electron chi connectivity index (χ2n) is 11.7. The highest BCUT2D eigenvalue weighted by Gasteiger charge is 2.26. The van der Waals surface area contributed by atoms with E-state index in [1.807, 2.05) is 72.8 Å². The van der Waals surface area contributed by atoms with Crippen molar-refractivity contribution in [3.63, 3.8) is 0 Å². The largest absolute Gasteiger partial charge is 0.308 e. The Morgan fingerprint density at radius 2 is 0.700 bits per heavy atom. The van der Waals surface area contributed by atoms with Crippen LogP contribution in [0, 0.1) is 22.7 Å². The predicted octanol–water partition coefficient (Wildman–Crippen LogP) is 11.4. The number of hydrogen-bond acceptors (Lipinski definition) is 8. The Bertz CT molecular complexity index is 2260. The summed E-state index contributed by atoms with van der Waals surface area (Å²) in [5.74, 6) is 0. The van der Waals surface area contributed by atoms with Crippen LogP contribution in [0.3, 0.4) is 0 Å². The first-order chi connectivity index (χ1) is 24.7. The Labute approximate surface area is 297 Å². The van der Waals surface area contributed by atoms with Crippen LogP contribution in [-0.2, 0) is 0 Å². The Balaban J connectivity index is 1.06. The fraction of sp³-hybridized carbons (Fsp3) is 0. The van der Waals surface area contributed by atoms with Crippen LogP contribution >= 0.6 is 23.5 Å². The van der Waals surface area contributed by atoms with Gasteiger partial charge in [0.15, 0.2) is 11.4 Å². The summed E-state index contributed by atoms with van der Waals surface area (Å²) in [6, 6.07) is 53.8. The normalized spacial score (nSPS) is 12.5. The lowest BCUT2D eigenvalue weighted by atomic mass is 10.0. The maximum absolute atomic E-state index is 10.2. The molecule has 0 bridgehead atoms. The molecule has 0 fully saturated rings. The van der Waals surface area contributed by atoms with E-state index >= 15 is 0 Å². The van der Waals surface area contributed by atoms with E-state index in [1.54, 1.807) is 23.5 Å². The molecule has 2 aliphatic heterocycles. The summed E-state index contributed by atoms with van der Waals surface area (Å²) in [4.78, 5) is 18.6. The molecule has 3 heterocycles. The minimum atomic E-state index is 0.164. The highest BCUT2D eigenvalue weighted by molar-refractivity contribution is 8.00. The molecule has 0 atom stereocenters. The van der Waals surface area contributed by atoms with Crippen LogP contribution in [0.25, 0.3) is 22.5 Å². The van der Waals surface area contributed by atoms with Gasteiger partial charge in [0.25, 0.3) is 0 Å². The number of nitriles is 2. The van der Waals surface area contributed by atoms with Crippen molar-refractivity contribution in [1.29, 1.82) is 10.5 Å². The maximum Gasteiger partial charge on any atom is 0.167 e. The van der Waals surface area contributed by atoms with E-state index < -0.39 is 0 Å². The van der Waals surface area contributed by atoms with Crippen molar-refractivity contribution in [2.24, 2.45) is 0 Å². The standard InChI is InChI=1S/C42H24N6S2/c43-25-31-41(27-17-21-29(22-18-27)47-33-9-1-5-13-37(33)49-38-14-6-2-10-34(38)47)45-32(26-44)42(46-31)28-19-23-30(24-20-28)48-35-11-3-7-15-39(35)50-40-16-8-4-12-36(40)48/h1-24H. The van der Waals surface area contributed by atoms with Crippen molar-refractivity contribution in [3.8, 4) is 34.7 Å². The number of para-hydroxylation sites is 4. The zero-order chi connectivity index (χ0) is 33.6. The molecule has 6 nitrogen and oxygen atoms in total. The van der Waals surface area contributed by atoms with Crippen LogP contribution in [0.1, 0.15) is 11.4 Å². The van der Waals surface area contributed by atoms with Gasteiger partial charge in [-0.3, -0.25) is 0 Å². The fourth-order valence-electron chi connectivity index (χ4n) is 6.50. The first-order valence-corrected chi connectivity index (χ1v) is 17.6. The third-order valence-corrected chi connectivity index (χ3v) is 11.0. The molecule has 0 saturated carbocycles. The molecular weight excluding hydrogens is 653 g/mol. The second kappa shape index (κ2) is 12.3. The van der Waals surface area contributed by atoms with E-state index in [2.05, 4.69) is 94.7 Å². The monoisotopic (exact) mass is 676 g/mol.